The third kappa shape index (κ3) is 4.32. The Balaban J connectivity index is 1.86. The van der Waals surface area contributed by atoms with Crippen molar-refractivity contribution in [3.05, 3.63) is 95.2 Å². The van der Waals surface area contributed by atoms with Crippen molar-refractivity contribution in [1.29, 1.82) is 0 Å². The molecule has 4 rings (SSSR count). The van der Waals surface area contributed by atoms with Crippen LogP contribution in [0.3, 0.4) is 0 Å². The molecular weight excluding hydrogens is 419 g/mol. The van der Waals surface area contributed by atoms with Crippen LogP contribution in [0.5, 0.6) is 11.5 Å². The molecule has 1 heterocycles. The first-order valence-corrected chi connectivity index (χ1v) is 9.88. The van der Waals surface area contributed by atoms with Crippen LogP contribution in [-0.2, 0) is 6.54 Å². The fourth-order valence-electron chi connectivity index (χ4n) is 3.80. The monoisotopic (exact) mass is 439 g/mol. The van der Waals surface area contributed by atoms with E-state index in [2.05, 4.69) is 4.74 Å². The first-order chi connectivity index (χ1) is 15.3. The summed E-state index contributed by atoms with van der Waals surface area (Å²) in [7, 11) is 1.54. The van der Waals surface area contributed by atoms with Gasteiger partial charge in [0.2, 0.25) is 0 Å². The number of rotatable bonds is 6. The van der Waals surface area contributed by atoms with Crippen LogP contribution in [0.4, 0.5) is 13.2 Å². The van der Waals surface area contributed by atoms with Gasteiger partial charge in [0.05, 0.1) is 18.2 Å². The van der Waals surface area contributed by atoms with Crippen molar-refractivity contribution in [3.63, 3.8) is 0 Å². The van der Waals surface area contributed by atoms with E-state index >= 15 is 0 Å². The molecule has 0 atom stereocenters. The van der Waals surface area contributed by atoms with E-state index in [0.717, 1.165) is 5.56 Å². The number of ketones is 1. The van der Waals surface area contributed by atoms with E-state index in [4.69, 9.17) is 4.74 Å². The van der Waals surface area contributed by atoms with Gasteiger partial charge in [-0.1, -0.05) is 30.3 Å². The van der Waals surface area contributed by atoms with Gasteiger partial charge in [-0.25, -0.2) is 0 Å². The highest BCUT2D eigenvalue weighted by atomic mass is 19.4. The lowest BCUT2D eigenvalue weighted by atomic mass is 10.0. The first kappa shape index (κ1) is 21.5. The van der Waals surface area contributed by atoms with Crippen LogP contribution in [0.15, 0.2) is 72.8 Å². The molecule has 1 aromatic heterocycles. The van der Waals surface area contributed by atoms with Gasteiger partial charge in [0.15, 0.2) is 5.78 Å². The molecule has 4 aromatic rings. The van der Waals surface area contributed by atoms with Gasteiger partial charge >= 0.3 is 6.36 Å². The Morgan fingerprint density at radius 1 is 0.938 bits per heavy atom. The third-order valence-corrected chi connectivity index (χ3v) is 5.29. The summed E-state index contributed by atoms with van der Waals surface area (Å²) in [5, 5.41) is 0.564. The summed E-state index contributed by atoms with van der Waals surface area (Å²) in [5.74, 6) is 0.0745. The number of alkyl halides is 3. The van der Waals surface area contributed by atoms with E-state index in [-0.39, 0.29) is 11.5 Å². The summed E-state index contributed by atoms with van der Waals surface area (Å²) in [5.41, 5.74) is 3.01. The van der Waals surface area contributed by atoms with Crippen LogP contribution in [0, 0.1) is 6.92 Å². The number of carbonyl (C=O) groups is 1. The second-order valence-electron chi connectivity index (χ2n) is 7.32. The topological polar surface area (TPSA) is 40.5 Å². The summed E-state index contributed by atoms with van der Waals surface area (Å²) < 4.78 is 49.5. The first-order valence-electron chi connectivity index (χ1n) is 9.88. The quantitative estimate of drug-likeness (QED) is 0.339. The Bertz CT molecular complexity index is 1260. The highest BCUT2D eigenvalue weighted by Crippen LogP contribution is 2.33. The van der Waals surface area contributed by atoms with Crippen LogP contribution < -0.4 is 9.47 Å². The number of ether oxygens (including phenoxy) is 2. The Hall–Kier alpha value is -3.74. The molecule has 0 fully saturated rings. The number of halogens is 3. The van der Waals surface area contributed by atoms with Crippen LogP contribution in [0.1, 0.15) is 27.2 Å². The van der Waals surface area contributed by atoms with Crippen molar-refractivity contribution < 1.29 is 27.4 Å². The van der Waals surface area contributed by atoms with Crippen molar-refractivity contribution >= 4 is 16.7 Å². The van der Waals surface area contributed by atoms with E-state index in [1.165, 1.54) is 18.2 Å². The molecule has 0 saturated heterocycles. The van der Waals surface area contributed by atoms with E-state index < -0.39 is 6.36 Å². The summed E-state index contributed by atoms with van der Waals surface area (Å²) in [6, 6.07) is 20.3. The molecule has 0 unspecified atom stereocenters. The highest BCUT2D eigenvalue weighted by molar-refractivity contribution is 6.17. The predicted octanol–water partition coefficient (Wildman–Crippen LogP) is 6.14. The minimum absolute atomic E-state index is 0.216. The van der Waals surface area contributed by atoms with Crippen molar-refractivity contribution in [3.8, 4) is 11.5 Å². The maximum atomic E-state index is 13.4. The van der Waals surface area contributed by atoms with Gasteiger partial charge in [0, 0.05) is 29.3 Å². The maximum Gasteiger partial charge on any atom is 0.573 e. The molecule has 3 aromatic carbocycles. The number of fused-ring (bicyclic) bond motifs is 1. The zero-order valence-corrected chi connectivity index (χ0v) is 17.4. The van der Waals surface area contributed by atoms with Crippen LogP contribution in [-0.4, -0.2) is 23.8 Å². The average Bonchev–Trinajstić information content (AvgIpc) is 3.04. The fraction of sp³-hybridized carbons (Fsp3) is 0.160. The molecule has 0 bridgehead atoms. The molecule has 0 amide bonds. The third-order valence-electron chi connectivity index (χ3n) is 5.29. The lowest BCUT2D eigenvalue weighted by molar-refractivity contribution is -0.274. The lowest BCUT2D eigenvalue weighted by Gasteiger charge is -2.11. The second-order valence-corrected chi connectivity index (χ2v) is 7.32. The van der Waals surface area contributed by atoms with Gasteiger partial charge in [-0.2, -0.15) is 0 Å². The number of hydrogen-bond acceptors (Lipinski definition) is 3. The van der Waals surface area contributed by atoms with Crippen molar-refractivity contribution in [1.82, 2.24) is 4.57 Å². The average molecular weight is 439 g/mol. The zero-order valence-electron chi connectivity index (χ0n) is 17.4. The van der Waals surface area contributed by atoms with E-state index in [1.807, 2.05) is 34.9 Å². The number of benzene rings is 3. The minimum Gasteiger partial charge on any atom is -0.497 e. The normalized spacial score (nSPS) is 11.5. The lowest BCUT2D eigenvalue weighted by Crippen LogP contribution is -2.17. The standard InChI is InChI=1S/C25H20F3NO3/c1-16-23(24(30)18-8-10-19(31-2)11-9-18)21-13-12-20(32-25(26,27)28)14-22(21)29(16)15-17-6-4-3-5-7-17/h3-14H,15H2,1-2H3. The molecule has 32 heavy (non-hydrogen) atoms. The molecule has 0 N–H and O–H groups in total. The predicted molar refractivity (Wildman–Crippen MR) is 115 cm³/mol. The van der Waals surface area contributed by atoms with Gasteiger partial charge < -0.3 is 14.0 Å². The summed E-state index contributed by atoms with van der Waals surface area (Å²) in [4.78, 5) is 13.4. The smallest absolute Gasteiger partial charge is 0.497 e. The number of hydrogen-bond donors (Lipinski definition) is 0. The Morgan fingerprint density at radius 2 is 1.59 bits per heavy atom. The molecule has 0 saturated carbocycles. The van der Waals surface area contributed by atoms with Crippen LogP contribution in [0.25, 0.3) is 10.9 Å². The van der Waals surface area contributed by atoms with E-state index in [9.17, 15) is 18.0 Å². The molecule has 4 nitrogen and oxygen atoms in total. The number of aromatic nitrogens is 1. The molecule has 0 aliphatic heterocycles. The molecule has 0 aliphatic carbocycles. The highest BCUT2D eigenvalue weighted by Gasteiger charge is 2.31. The molecule has 164 valence electrons. The molecular formula is C25H20F3NO3. The zero-order chi connectivity index (χ0) is 22.9. The van der Waals surface area contributed by atoms with Gasteiger partial charge in [-0.15, -0.1) is 13.2 Å². The van der Waals surface area contributed by atoms with E-state index in [1.54, 1.807) is 38.3 Å². The number of methoxy groups -OCH3 is 1. The fourth-order valence-corrected chi connectivity index (χ4v) is 3.80. The van der Waals surface area contributed by atoms with Gasteiger partial charge in [-0.3, -0.25) is 4.79 Å². The van der Waals surface area contributed by atoms with Crippen LogP contribution >= 0.6 is 0 Å². The Kier molecular flexibility index (Phi) is 5.65. The molecule has 0 radical (unpaired) electrons. The molecule has 0 aliphatic rings. The van der Waals surface area contributed by atoms with E-state index in [0.29, 0.717) is 40.0 Å². The van der Waals surface area contributed by atoms with Crippen molar-refractivity contribution in [2.45, 2.75) is 19.8 Å². The number of carbonyl (C=O) groups excluding carboxylic acids is 1. The van der Waals surface area contributed by atoms with Crippen LogP contribution in [0.2, 0.25) is 0 Å². The van der Waals surface area contributed by atoms with Gasteiger partial charge in [-0.05, 0) is 48.9 Å². The van der Waals surface area contributed by atoms with Gasteiger partial charge in [0.1, 0.15) is 11.5 Å². The minimum atomic E-state index is -4.80. The number of nitrogens with zero attached hydrogens (tertiary/aromatic N) is 1. The molecule has 7 heteroatoms. The van der Waals surface area contributed by atoms with Crippen molar-refractivity contribution in [2.75, 3.05) is 7.11 Å². The second kappa shape index (κ2) is 8.42. The summed E-state index contributed by atoms with van der Waals surface area (Å²) in [6.07, 6.45) is -4.80. The maximum absolute atomic E-state index is 13.4. The largest absolute Gasteiger partial charge is 0.573 e. The van der Waals surface area contributed by atoms with Gasteiger partial charge in [0.25, 0.3) is 0 Å². The summed E-state index contributed by atoms with van der Waals surface area (Å²) in [6.45, 7) is 2.19. The Labute approximate surface area is 182 Å². The SMILES string of the molecule is COc1ccc(C(=O)c2c(C)n(Cc3ccccc3)c3cc(OC(F)(F)F)ccc23)cc1. The Morgan fingerprint density at radius 3 is 2.22 bits per heavy atom. The van der Waals surface area contributed by atoms with Crippen molar-refractivity contribution in [2.24, 2.45) is 0 Å². The summed E-state index contributed by atoms with van der Waals surface area (Å²) >= 11 is 0. The molecule has 0 spiro atoms.